The van der Waals surface area contributed by atoms with E-state index in [0.717, 1.165) is 75.4 Å². The van der Waals surface area contributed by atoms with Gasteiger partial charge in [-0.3, -0.25) is 9.78 Å². The van der Waals surface area contributed by atoms with Crippen molar-refractivity contribution >= 4 is 22.8 Å². The number of furan rings is 1. The normalized spacial score (nSPS) is 20.0. The number of hydrogen-bond donors (Lipinski definition) is 1. The molecule has 0 radical (unpaired) electrons. The van der Waals surface area contributed by atoms with Gasteiger partial charge in [0, 0.05) is 37.4 Å². The van der Waals surface area contributed by atoms with E-state index in [0.29, 0.717) is 34.9 Å². The van der Waals surface area contributed by atoms with E-state index in [9.17, 15) is 4.79 Å². The molecule has 0 aromatic carbocycles. The van der Waals surface area contributed by atoms with Gasteiger partial charge < -0.3 is 19.4 Å². The summed E-state index contributed by atoms with van der Waals surface area (Å²) >= 11 is 0. The average molecular weight is 478 g/mol. The van der Waals surface area contributed by atoms with E-state index in [2.05, 4.69) is 33.2 Å². The fourth-order valence-electron chi connectivity index (χ4n) is 4.98. The Morgan fingerprint density at radius 2 is 1.97 bits per heavy atom. The maximum Gasteiger partial charge on any atom is 0.255 e. The van der Waals surface area contributed by atoms with Gasteiger partial charge in [-0.25, -0.2) is 9.97 Å². The molecule has 8 nitrogen and oxygen atoms in total. The van der Waals surface area contributed by atoms with Gasteiger partial charge in [-0.2, -0.15) is 0 Å². The van der Waals surface area contributed by atoms with Crippen LogP contribution in [0.4, 0.5) is 5.82 Å². The number of anilines is 1. The molecule has 1 N–H and O–H groups in total. The topological polar surface area (TPSA) is 93.4 Å². The number of amides is 1. The minimum atomic E-state index is -0.196. The van der Waals surface area contributed by atoms with Gasteiger partial charge in [0.2, 0.25) is 5.71 Å². The number of pyridine rings is 1. The molecule has 1 aliphatic heterocycles. The third-order valence-corrected chi connectivity index (χ3v) is 7.58. The van der Waals surface area contributed by atoms with E-state index in [-0.39, 0.29) is 11.4 Å². The van der Waals surface area contributed by atoms with Crippen molar-refractivity contribution < 1.29 is 13.9 Å². The quantitative estimate of drug-likeness (QED) is 0.539. The zero-order valence-corrected chi connectivity index (χ0v) is 21.0. The summed E-state index contributed by atoms with van der Waals surface area (Å²) in [6, 6.07) is 6.13. The molecule has 0 spiro atoms. The molecule has 1 atom stereocenters. The van der Waals surface area contributed by atoms with Gasteiger partial charge in [0.1, 0.15) is 17.9 Å². The van der Waals surface area contributed by atoms with Gasteiger partial charge in [-0.05, 0) is 64.5 Å². The molecule has 3 aromatic heterocycles. The fourth-order valence-corrected chi connectivity index (χ4v) is 4.98. The Balaban J connectivity index is 1.34. The van der Waals surface area contributed by atoms with Crippen molar-refractivity contribution in [2.45, 2.75) is 76.8 Å². The van der Waals surface area contributed by atoms with E-state index < -0.39 is 0 Å². The van der Waals surface area contributed by atoms with Crippen molar-refractivity contribution in [1.82, 2.24) is 20.3 Å². The minimum absolute atomic E-state index is 0.0622. The van der Waals surface area contributed by atoms with Gasteiger partial charge in [0.25, 0.3) is 5.91 Å². The lowest BCUT2D eigenvalue weighted by atomic mass is 9.93. The summed E-state index contributed by atoms with van der Waals surface area (Å²) in [5.41, 5.74) is 2.97. The number of fused-ring (bicyclic) bond motifs is 1. The van der Waals surface area contributed by atoms with E-state index in [1.54, 1.807) is 6.92 Å². The fraction of sp³-hybridized carbons (Fsp3) is 0.556. The average Bonchev–Trinajstić information content (AvgIpc) is 3.47. The van der Waals surface area contributed by atoms with E-state index >= 15 is 0 Å². The first-order chi connectivity index (χ1) is 17.0. The van der Waals surface area contributed by atoms with Gasteiger partial charge in [0.15, 0.2) is 0 Å². The van der Waals surface area contributed by atoms with E-state index in [4.69, 9.17) is 14.1 Å². The van der Waals surface area contributed by atoms with Crippen LogP contribution in [0.15, 0.2) is 28.9 Å². The summed E-state index contributed by atoms with van der Waals surface area (Å²) in [5, 5.41) is 3.74. The van der Waals surface area contributed by atoms with Crippen LogP contribution in [0.3, 0.4) is 0 Å². The highest BCUT2D eigenvalue weighted by atomic mass is 16.5. The number of carbonyl (C=O) groups excluding carboxylic acids is 1. The second-order valence-corrected chi connectivity index (χ2v) is 10.2. The third kappa shape index (κ3) is 5.03. The van der Waals surface area contributed by atoms with E-state index in [1.165, 1.54) is 6.33 Å². The summed E-state index contributed by atoms with van der Waals surface area (Å²) in [4.78, 5) is 29.2. The highest BCUT2D eigenvalue weighted by molar-refractivity contribution is 6.10. The molecule has 1 amide bonds. The van der Waals surface area contributed by atoms with Crippen LogP contribution in [0.25, 0.3) is 11.1 Å². The van der Waals surface area contributed by atoms with Gasteiger partial charge in [-0.15, -0.1) is 0 Å². The number of nitrogens with zero attached hydrogens (tertiary/aromatic N) is 4. The molecule has 4 heterocycles. The van der Waals surface area contributed by atoms with Crippen LogP contribution >= 0.6 is 0 Å². The molecule has 1 saturated heterocycles. The van der Waals surface area contributed by atoms with Crippen molar-refractivity contribution in [3.63, 3.8) is 0 Å². The lowest BCUT2D eigenvalue weighted by Crippen LogP contribution is -2.32. The van der Waals surface area contributed by atoms with Crippen LogP contribution in [0.1, 0.15) is 85.3 Å². The van der Waals surface area contributed by atoms with Crippen LogP contribution in [-0.2, 0) is 11.3 Å². The molecular formula is C27H35N5O3. The molecule has 35 heavy (non-hydrogen) atoms. The second-order valence-electron chi connectivity index (χ2n) is 10.2. The van der Waals surface area contributed by atoms with Crippen LogP contribution in [0, 0.1) is 6.92 Å². The zero-order valence-electron chi connectivity index (χ0n) is 21.0. The molecule has 2 fully saturated rings. The summed E-state index contributed by atoms with van der Waals surface area (Å²) in [6.07, 6.45) is 9.22. The number of aromatic nitrogens is 3. The van der Waals surface area contributed by atoms with E-state index in [1.807, 2.05) is 19.2 Å². The van der Waals surface area contributed by atoms with Crippen molar-refractivity contribution in [3.8, 4) is 0 Å². The molecule has 1 unspecified atom stereocenters. The maximum atomic E-state index is 13.4. The Morgan fingerprint density at radius 1 is 1.17 bits per heavy atom. The SMILES string of the molecule is Cc1oc2ncnc(N(C)C3(C)CC3)c2c1C(=O)NCc1cccc(C2CCCCOCCC2)n1. The van der Waals surface area contributed by atoms with Gasteiger partial charge in [0.05, 0.1) is 23.2 Å². The number of ether oxygens (including phenoxy) is 1. The second kappa shape index (κ2) is 9.93. The first-order valence-corrected chi connectivity index (χ1v) is 12.8. The number of aryl methyl sites for hydroxylation is 1. The Hall–Kier alpha value is -3.00. The first kappa shape index (κ1) is 23.7. The first-order valence-electron chi connectivity index (χ1n) is 12.8. The Morgan fingerprint density at radius 3 is 2.80 bits per heavy atom. The molecule has 0 bridgehead atoms. The summed E-state index contributed by atoms with van der Waals surface area (Å²) in [6.45, 7) is 6.04. The standard InChI is InChI=1S/C27H35N5O3/c1-18-22(23-24(29-17-30-26(23)35-18)32(3)27(2)12-13-27)25(33)28-16-20-10-6-11-21(31-20)19-8-4-5-14-34-15-7-9-19/h6,10-11,17,19H,4-5,7-9,12-16H2,1-3H3,(H,28,33). The van der Waals surface area contributed by atoms with Crippen molar-refractivity contribution in [3.05, 3.63) is 47.2 Å². The number of nitrogens with one attached hydrogen (secondary N) is 1. The van der Waals surface area contributed by atoms with Crippen molar-refractivity contribution in [2.75, 3.05) is 25.2 Å². The predicted octanol–water partition coefficient (Wildman–Crippen LogP) is 4.91. The maximum absolute atomic E-state index is 13.4. The monoisotopic (exact) mass is 477 g/mol. The highest BCUT2D eigenvalue weighted by Gasteiger charge is 2.43. The molecule has 186 valence electrons. The molecule has 1 saturated carbocycles. The smallest absolute Gasteiger partial charge is 0.255 e. The zero-order chi connectivity index (χ0) is 24.4. The van der Waals surface area contributed by atoms with Crippen LogP contribution in [0.2, 0.25) is 0 Å². The van der Waals surface area contributed by atoms with Crippen LogP contribution in [-0.4, -0.2) is 46.7 Å². The number of rotatable bonds is 6. The summed E-state index contributed by atoms with van der Waals surface area (Å²) in [7, 11) is 2.03. The largest absolute Gasteiger partial charge is 0.442 e. The van der Waals surface area contributed by atoms with Gasteiger partial charge >= 0.3 is 0 Å². The molecule has 3 aromatic rings. The Labute approximate surface area is 206 Å². The third-order valence-electron chi connectivity index (χ3n) is 7.58. The predicted molar refractivity (Wildman–Crippen MR) is 135 cm³/mol. The number of hydrogen-bond acceptors (Lipinski definition) is 7. The summed E-state index contributed by atoms with van der Waals surface area (Å²) < 4.78 is 11.5. The lowest BCUT2D eigenvalue weighted by molar-refractivity contribution is 0.0950. The van der Waals surface area contributed by atoms with Crippen LogP contribution in [0.5, 0.6) is 0 Å². The van der Waals surface area contributed by atoms with Crippen LogP contribution < -0.4 is 10.2 Å². The Bertz CT molecular complexity index is 1190. The lowest BCUT2D eigenvalue weighted by Gasteiger charge is -2.26. The Kier molecular flexibility index (Phi) is 6.73. The van der Waals surface area contributed by atoms with Crippen molar-refractivity contribution in [1.29, 1.82) is 0 Å². The molecular weight excluding hydrogens is 442 g/mol. The minimum Gasteiger partial charge on any atom is -0.442 e. The highest BCUT2D eigenvalue weighted by Crippen LogP contribution is 2.44. The number of carbonyl (C=O) groups is 1. The molecule has 8 heteroatoms. The van der Waals surface area contributed by atoms with Gasteiger partial charge in [-0.1, -0.05) is 12.5 Å². The molecule has 5 rings (SSSR count). The molecule has 2 aliphatic rings. The van der Waals surface area contributed by atoms with Crippen molar-refractivity contribution in [2.24, 2.45) is 0 Å². The summed E-state index contributed by atoms with van der Waals surface area (Å²) in [5.74, 6) is 1.52. The molecule has 1 aliphatic carbocycles.